The fraction of sp³-hybridized carbons (Fsp3) is 0.647. The molecule has 2 aliphatic rings. The van der Waals surface area contributed by atoms with Gasteiger partial charge in [0.25, 0.3) is 0 Å². The second-order valence-corrected chi connectivity index (χ2v) is 6.18. The highest BCUT2D eigenvalue weighted by Crippen LogP contribution is 2.29. The highest BCUT2D eigenvalue weighted by molar-refractivity contribution is 5.38. The molecule has 0 bridgehead atoms. The van der Waals surface area contributed by atoms with Gasteiger partial charge >= 0.3 is 0 Å². The first-order valence-electron chi connectivity index (χ1n) is 7.91. The molecule has 1 aromatic rings. The molecule has 4 nitrogen and oxygen atoms in total. The van der Waals surface area contributed by atoms with Crippen LogP contribution in [0.2, 0.25) is 0 Å². The summed E-state index contributed by atoms with van der Waals surface area (Å²) >= 11 is 0. The van der Waals surface area contributed by atoms with Crippen molar-refractivity contribution in [1.82, 2.24) is 9.80 Å². The van der Waals surface area contributed by atoms with Crippen molar-refractivity contribution in [2.75, 3.05) is 33.9 Å². The number of fused-ring (bicyclic) bond motifs is 1. The molecule has 2 heterocycles. The van der Waals surface area contributed by atoms with Gasteiger partial charge in [0.2, 0.25) is 0 Å². The van der Waals surface area contributed by atoms with Crippen LogP contribution in [0.3, 0.4) is 0 Å². The molecule has 2 saturated heterocycles. The van der Waals surface area contributed by atoms with Crippen LogP contribution >= 0.6 is 0 Å². The SMILES string of the molecule is COc1cc(CN2CCN3CCC[C@@H]3[C@H]2C)cc(OC)c1. The summed E-state index contributed by atoms with van der Waals surface area (Å²) in [4.78, 5) is 5.26. The average Bonchev–Trinajstić information content (AvgIpc) is 2.99. The van der Waals surface area contributed by atoms with E-state index in [4.69, 9.17) is 9.47 Å². The predicted octanol–water partition coefficient (Wildman–Crippen LogP) is 2.37. The van der Waals surface area contributed by atoms with E-state index in [9.17, 15) is 0 Å². The Morgan fingerprint density at radius 1 is 1.05 bits per heavy atom. The number of methoxy groups -OCH3 is 2. The molecule has 116 valence electrons. The lowest BCUT2D eigenvalue weighted by atomic mass is 10.0. The first-order valence-corrected chi connectivity index (χ1v) is 7.91. The van der Waals surface area contributed by atoms with E-state index in [0.29, 0.717) is 6.04 Å². The third-order valence-corrected chi connectivity index (χ3v) is 5.02. The van der Waals surface area contributed by atoms with E-state index in [2.05, 4.69) is 28.9 Å². The number of ether oxygens (including phenoxy) is 2. The molecule has 0 amide bonds. The lowest BCUT2D eigenvalue weighted by Gasteiger charge is -2.43. The van der Waals surface area contributed by atoms with E-state index in [1.807, 2.05) is 6.07 Å². The summed E-state index contributed by atoms with van der Waals surface area (Å²) in [5, 5.41) is 0. The molecular weight excluding hydrogens is 264 g/mol. The molecule has 0 N–H and O–H groups in total. The Labute approximate surface area is 127 Å². The number of hydrogen-bond donors (Lipinski definition) is 0. The summed E-state index contributed by atoms with van der Waals surface area (Å²) in [6, 6.07) is 7.54. The molecule has 0 unspecified atom stereocenters. The molecular formula is C17H26N2O2. The summed E-state index contributed by atoms with van der Waals surface area (Å²) in [6.45, 7) is 6.99. The maximum absolute atomic E-state index is 5.38. The van der Waals surface area contributed by atoms with Gasteiger partial charge in [0.05, 0.1) is 14.2 Å². The van der Waals surface area contributed by atoms with Crippen LogP contribution in [0.25, 0.3) is 0 Å². The van der Waals surface area contributed by atoms with Gasteiger partial charge in [-0.1, -0.05) is 0 Å². The number of piperazine rings is 1. The molecule has 0 saturated carbocycles. The largest absolute Gasteiger partial charge is 0.497 e. The quantitative estimate of drug-likeness (QED) is 0.850. The number of hydrogen-bond acceptors (Lipinski definition) is 4. The molecule has 2 aliphatic heterocycles. The van der Waals surface area contributed by atoms with Gasteiger partial charge in [-0.25, -0.2) is 0 Å². The molecule has 0 radical (unpaired) electrons. The Hall–Kier alpha value is -1.26. The molecule has 1 aromatic carbocycles. The van der Waals surface area contributed by atoms with Gasteiger partial charge in [-0.3, -0.25) is 9.80 Å². The Bertz CT molecular complexity index is 469. The third kappa shape index (κ3) is 3.01. The standard InChI is InChI=1S/C17H26N2O2/c1-13-17-5-4-6-18(17)7-8-19(13)12-14-9-15(20-2)11-16(10-14)21-3/h9-11,13,17H,4-8,12H2,1-3H3/t13-,17-/m1/s1. The lowest BCUT2D eigenvalue weighted by molar-refractivity contribution is 0.0470. The minimum Gasteiger partial charge on any atom is -0.497 e. The van der Waals surface area contributed by atoms with Gasteiger partial charge in [-0.15, -0.1) is 0 Å². The fourth-order valence-electron chi connectivity index (χ4n) is 3.79. The van der Waals surface area contributed by atoms with Crippen molar-refractivity contribution in [2.45, 2.75) is 38.4 Å². The highest BCUT2D eigenvalue weighted by Gasteiger charge is 2.36. The van der Waals surface area contributed by atoms with E-state index in [1.165, 1.54) is 31.5 Å². The fourth-order valence-corrected chi connectivity index (χ4v) is 3.79. The maximum Gasteiger partial charge on any atom is 0.122 e. The van der Waals surface area contributed by atoms with Crippen LogP contribution in [0.4, 0.5) is 0 Å². The Kier molecular flexibility index (Phi) is 4.36. The molecule has 0 aliphatic carbocycles. The van der Waals surface area contributed by atoms with E-state index in [0.717, 1.165) is 30.6 Å². The van der Waals surface area contributed by atoms with Gasteiger partial charge in [0.15, 0.2) is 0 Å². The molecule has 3 rings (SSSR count). The Morgan fingerprint density at radius 3 is 2.43 bits per heavy atom. The highest BCUT2D eigenvalue weighted by atomic mass is 16.5. The van der Waals surface area contributed by atoms with Crippen LogP contribution in [-0.2, 0) is 6.54 Å². The summed E-state index contributed by atoms with van der Waals surface area (Å²) in [7, 11) is 3.41. The first kappa shape index (κ1) is 14.7. The van der Waals surface area contributed by atoms with Gasteiger partial charge < -0.3 is 9.47 Å². The molecule has 2 fully saturated rings. The number of benzene rings is 1. The normalized spacial score (nSPS) is 26.6. The van der Waals surface area contributed by atoms with E-state index in [-0.39, 0.29) is 0 Å². The van der Waals surface area contributed by atoms with Crippen LogP contribution in [-0.4, -0.2) is 55.7 Å². The second-order valence-electron chi connectivity index (χ2n) is 6.18. The third-order valence-electron chi connectivity index (χ3n) is 5.02. The van der Waals surface area contributed by atoms with Crippen molar-refractivity contribution >= 4 is 0 Å². The molecule has 4 heteroatoms. The van der Waals surface area contributed by atoms with Gasteiger partial charge in [-0.2, -0.15) is 0 Å². The topological polar surface area (TPSA) is 24.9 Å². The van der Waals surface area contributed by atoms with Gasteiger partial charge in [0.1, 0.15) is 11.5 Å². The monoisotopic (exact) mass is 290 g/mol. The molecule has 0 spiro atoms. The van der Waals surface area contributed by atoms with Crippen molar-refractivity contribution in [3.8, 4) is 11.5 Å². The van der Waals surface area contributed by atoms with Crippen LogP contribution in [0.15, 0.2) is 18.2 Å². The van der Waals surface area contributed by atoms with E-state index in [1.54, 1.807) is 14.2 Å². The zero-order chi connectivity index (χ0) is 14.8. The predicted molar refractivity (Wildman–Crippen MR) is 84.0 cm³/mol. The first-order chi connectivity index (χ1) is 10.2. The zero-order valence-electron chi connectivity index (χ0n) is 13.3. The zero-order valence-corrected chi connectivity index (χ0v) is 13.3. The van der Waals surface area contributed by atoms with Crippen molar-refractivity contribution in [3.05, 3.63) is 23.8 Å². The summed E-state index contributed by atoms with van der Waals surface area (Å²) in [5.41, 5.74) is 1.27. The smallest absolute Gasteiger partial charge is 0.122 e. The van der Waals surface area contributed by atoms with E-state index < -0.39 is 0 Å². The number of rotatable bonds is 4. The maximum atomic E-state index is 5.38. The van der Waals surface area contributed by atoms with Crippen LogP contribution in [0.5, 0.6) is 11.5 Å². The average molecular weight is 290 g/mol. The van der Waals surface area contributed by atoms with Crippen LogP contribution in [0.1, 0.15) is 25.3 Å². The number of nitrogens with zero attached hydrogens (tertiary/aromatic N) is 2. The van der Waals surface area contributed by atoms with Crippen molar-refractivity contribution in [1.29, 1.82) is 0 Å². The van der Waals surface area contributed by atoms with Crippen molar-refractivity contribution < 1.29 is 9.47 Å². The van der Waals surface area contributed by atoms with Crippen LogP contribution < -0.4 is 9.47 Å². The van der Waals surface area contributed by atoms with Crippen molar-refractivity contribution in [2.24, 2.45) is 0 Å². The van der Waals surface area contributed by atoms with Crippen LogP contribution in [0, 0.1) is 0 Å². The summed E-state index contributed by atoms with van der Waals surface area (Å²) < 4.78 is 10.8. The second kappa shape index (κ2) is 6.24. The van der Waals surface area contributed by atoms with Gasteiger partial charge in [0, 0.05) is 37.8 Å². The minimum absolute atomic E-state index is 0.624. The Morgan fingerprint density at radius 2 is 1.76 bits per heavy atom. The molecule has 2 atom stereocenters. The van der Waals surface area contributed by atoms with Gasteiger partial charge in [-0.05, 0) is 44.0 Å². The minimum atomic E-state index is 0.624. The summed E-state index contributed by atoms with van der Waals surface area (Å²) in [6.07, 6.45) is 2.70. The molecule has 21 heavy (non-hydrogen) atoms. The summed E-state index contributed by atoms with van der Waals surface area (Å²) in [5.74, 6) is 1.74. The lowest BCUT2D eigenvalue weighted by Crippen LogP contribution is -2.55. The Balaban J connectivity index is 1.73. The molecule has 0 aromatic heterocycles. The van der Waals surface area contributed by atoms with E-state index >= 15 is 0 Å². The van der Waals surface area contributed by atoms with Crippen molar-refractivity contribution in [3.63, 3.8) is 0 Å².